The van der Waals surface area contributed by atoms with Gasteiger partial charge in [0.15, 0.2) is 8.77 Å². The van der Waals surface area contributed by atoms with Gasteiger partial charge in [-0.2, -0.15) is 0 Å². The number of rotatable bonds is 4. The zero-order valence-corrected chi connectivity index (χ0v) is 11.7. The Morgan fingerprint density at radius 1 is 1.06 bits per heavy atom. The molecule has 2 rings (SSSR count). The highest BCUT2D eigenvalue weighted by molar-refractivity contribution is 8.30. The first-order valence-electron chi connectivity index (χ1n) is 5.58. The number of aryl methyl sites for hydroxylation is 1. The predicted molar refractivity (Wildman–Crippen MR) is 76.2 cm³/mol. The summed E-state index contributed by atoms with van der Waals surface area (Å²) in [5.41, 5.74) is 2.06. The van der Waals surface area contributed by atoms with Crippen molar-refractivity contribution in [1.82, 2.24) is 0 Å². The van der Waals surface area contributed by atoms with E-state index in [-0.39, 0.29) is 6.61 Å². The van der Waals surface area contributed by atoms with Crippen LogP contribution < -0.4 is 0 Å². The van der Waals surface area contributed by atoms with Gasteiger partial charge in [0.2, 0.25) is 0 Å². The molecule has 0 bridgehead atoms. The van der Waals surface area contributed by atoms with Gasteiger partial charge in [0.25, 0.3) is 0 Å². The summed E-state index contributed by atoms with van der Waals surface area (Å²) >= 11 is 5.06. The van der Waals surface area contributed by atoms with Crippen molar-refractivity contribution >= 4 is 20.0 Å². The van der Waals surface area contributed by atoms with Crippen LogP contribution in [0.5, 0.6) is 0 Å². The minimum absolute atomic E-state index is 0.261. The summed E-state index contributed by atoms with van der Waals surface area (Å²) in [5, 5.41) is 0. The normalized spacial score (nSPS) is 14.1. The molecule has 0 aliphatic carbocycles. The molecule has 0 aliphatic rings. The third kappa shape index (κ3) is 3.38. The van der Waals surface area contributed by atoms with Crippen LogP contribution in [0.4, 0.5) is 0 Å². The number of hydrogen-bond acceptors (Lipinski definition) is 3. The van der Waals surface area contributed by atoms with Crippen LogP contribution in [0, 0.1) is 6.92 Å². The highest BCUT2D eigenvalue weighted by atomic mass is 32.8. The second-order valence-corrected chi connectivity index (χ2v) is 6.95. The lowest BCUT2D eigenvalue weighted by atomic mass is 10.2. The van der Waals surface area contributed by atoms with Gasteiger partial charge in [-0.1, -0.05) is 48.0 Å². The van der Waals surface area contributed by atoms with Crippen LogP contribution in [0.1, 0.15) is 11.1 Å². The molecule has 0 spiro atoms. The quantitative estimate of drug-likeness (QED) is 0.859. The van der Waals surface area contributed by atoms with Crippen molar-refractivity contribution in [3.8, 4) is 0 Å². The van der Waals surface area contributed by atoms with Crippen molar-refractivity contribution < 1.29 is 8.39 Å². The Bertz CT molecular complexity index is 602. The molecule has 0 saturated carbocycles. The first-order valence-corrected chi connectivity index (χ1v) is 7.99. The van der Waals surface area contributed by atoms with E-state index in [9.17, 15) is 4.21 Å². The molecule has 2 aromatic rings. The second kappa shape index (κ2) is 5.61. The molecule has 4 heteroatoms. The molecule has 94 valence electrons. The Balaban J connectivity index is 2.11. The molecule has 0 aromatic heterocycles. The van der Waals surface area contributed by atoms with Crippen LogP contribution in [0.15, 0.2) is 59.5 Å². The molecule has 1 unspecified atom stereocenters. The van der Waals surface area contributed by atoms with E-state index in [1.807, 2.05) is 49.4 Å². The van der Waals surface area contributed by atoms with Gasteiger partial charge in [0.1, 0.15) is 0 Å². The van der Waals surface area contributed by atoms with E-state index >= 15 is 0 Å². The van der Waals surface area contributed by atoms with Crippen LogP contribution in [-0.4, -0.2) is 4.21 Å². The monoisotopic (exact) mass is 278 g/mol. The Morgan fingerprint density at radius 2 is 1.67 bits per heavy atom. The van der Waals surface area contributed by atoms with Crippen molar-refractivity contribution in [2.75, 3.05) is 0 Å². The molecule has 0 radical (unpaired) electrons. The number of hydrogen-bond donors (Lipinski definition) is 0. The molecule has 1 atom stereocenters. The van der Waals surface area contributed by atoms with Gasteiger partial charge >= 0.3 is 0 Å². The number of benzene rings is 2. The van der Waals surface area contributed by atoms with Gasteiger partial charge in [-0.3, -0.25) is 4.18 Å². The summed E-state index contributed by atoms with van der Waals surface area (Å²) in [5.74, 6) is 0. The molecule has 0 heterocycles. The van der Waals surface area contributed by atoms with E-state index in [4.69, 9.17) is 15.4 Å². The maximum absolute atomic E-state index is 12.3. The third-order valence-corrected chi connectivity index (χ3v) is 4.68. The van der Waals surface area contributed by atoms with Crippen LogP contribution in [0.2, 0.25) is 0 Å². The van der Waals surface area contributed by atoms with Crippen molar-refractivity contribution in [2.45, 2.75) is 18.4 Å². The summed E-state index contributed by atoms with van der Waals surface area (Å²) in [6, 6.07) is 16.9. The molecular formula is C14H14O2S2. The molecule has 0 fully saturated rings. The average molecular weight is 278 g/mol. The van der Waals surface area contributed by atoms with Crippen LogP contribution in [0.25, 0.3) is 0 Å². The molecule has 0 N–H and O–H groups in total. The minimum atomic E-state index is -2.84. The van der Waals surface area contributed by atoms with Gasteiger partial charge in [-0.25, -0.2) is 4.21 Å². The average Bonchev–Trinajstić information content (AvgIpc) is 2.38. The van der Waals surface area contributed by atoms with Gasteiger partial charge in [-0.05, 0) is 24.6 Å². The SMILES string of the molecule is Cc1ccc(S(=O)(=S)OCc2ccccc2)cc1. The fourth-order valence-electron chi connectivity index (χ4n) is 1.49. The Labute approximate surface area is 112 Å². The Kier molecular flexibility index (Phi) is 4.11. The van der Waals surface area contributed by atoms with Crippen LogP contribution >= 0.6 is 0 Å². The summed E-state index contributed by atoms with van der Waals surface area (Å²) in [6.07, 6.45) is 0. The van der Waals surface area contributed by atoms with E-state index < -0.39 is 8.77 Å². The van der Waals surface area contributed by atoms with Crippen molar-refractivity contribution in [2.24, 2.45) is 0 Å². The molecule has 2 aromatic carbocycles. The maximum Gasteiger partial charge on any atom is 0.173 e. The van der Waals surface area contributed by atoms with E-state index in [0.717, 1.165) is 11.1 Å². The third-order valence-electron chi connectivity index (χ3n) is 2.53. The molecule has 0 amide bonds. The second-order valence-electron chi connectivity index (χ2n) is 4.01. The van der Waals surface area contributed by atoms with E-state index in [1.165, 1.54) is 0 Å². The first kappa shape index (κ1) is 13.2. The van der Waals surface area contributed by atoms with Crippen molar-refractivity contribution in [3.63, 3.8) is 0 Å². The van der Waals surface area contributed by atoms with Crippen molar-refractivity contribution in [3.05, 3.63) is 65.7 Å². The van der Waals surface area contributed by atoms with Crippen LogP contribution in [0.3, 0.4) is 0 Å². The minimum Gasteiger partial charge on any atom is -0.282 e. The Morgan fingerprint density at radius 3 is 2.28 bits per heavy atom. The van der Waals surface area contributed by atoms with E-state index in [1.54, 1.807) is 12.1 Å². The van der Waals surface area contributed by atoms with Gasteiger partial charge in [-0.15, -0.1) is 0 Å². The lowest BCUT2D eigenvalue weighted by Gasteiger charge is -2.08. The van der Waals surface area contributed by atoms with Crippen molar-refractivity contribution in [1.29, 1.82) is 0 Å². The summed E-state index contributed by atoms with van der Waals surface area (Å²) in [6.45, 7) is 2.23. The maximum atomic E-state index is 12.3. The van der Waals surface area contributed by atoms with E-state index in [0.29, 0.717) is 4.90 Å². The fraction of sp³-hybridized carbons (Fsp3) is 0.143. The van der Waals surface area contributed by atoms with Gasteiger partial charge < -0.3 is 0 Å². The fourth-order valence-corrected chi connectivity index (χ4v) is 2.87. The zero-order valence-electron chi connectivity index (χ0n) is 10.0. The molecule has 18 heavy (non-hydrogen) atoms. The highest BCUT2D eigenvalue weighted by Crippen LogP contribution is 2.15. The first-order chi connectivity index (χ1) is 8.58. The molecule has 0 aliphatic heterocycles. The van der Waals surface area contributed by atoms with Crippen LogP contribution in [-0.2, 0) is 30.8 Å². The molecular weight excluding hydrogens is 264 g/mol. The lowest BCUT2D eigenvalue weighted by molar-refractivity contribution is 0.335. The molecule has 2 nitrogen and oxygen atoms in total. The lowest BCUT2D eigenvalue weighted by Crippen LogP contribution is -2.05. The Hall–Kier alpha value is -1.23. The molecule has 0 saturated heterocycles. The topological polar surface area (TPSA) is 26.3 Å². The predicted octanol–water partition coefficient (Wildman–Crippen LogP) is 3.23. The smallest absolute Gasteiger partial charge is 0.173 e. The van der Waals surface area contributed by atoms with Gasteiger partial charge in [0.05, 0.1) is 11.5 Å². The summed E-state index contributed by atoms with van der Waals surface area (Å²) in [4.78, 5) is 0.555. The standard InChI is InChI=1S/C14H14O2S2/c1-12-7-9-14(10-8-12)18(15,17)16-11-13-5-3-2-4-6-13/h2-10H,11H2,1H3. The summed E-state index contributed by atoms with van der Waals surface area (Å²) < 4.78 is 17.6. The van der Waals surface area contributed by atoms with E-state index in [2.05, 4.69) is 0 Å². The zero-order chi connectivity index (χ0) is 13.0. The summed E-state index contributed by atoms with van der Waals surface area (Å²) in [7, 11) is -2.84. The largest absolute Gasteiger partial charge is 0.282 e. The van der Waals surface area contributed by atoms with Gasteiger partial charge in [0, 0.05) is 11.2 Å². The highest BCUT2D eigenvalue weighted by Gasteiger charge is 2.10.